The van der Waals surface area contributed by atoms with Gasteiger partial charge >= 0.3 is 0 Å². The molecule has 1 heterocycles. The molecule has 0 aliphatic heterocycles. The van der Waals surface area contributed by atoms with Gasteiger partial charge in [0.05, 0.1) is 38.0 Å². The fourth-order valence-electron chi connectivity index (χ4n) is 4.18. The molecule has 0 spiro atoms. The van der Waals surface area contributed by atoms with Crippen molar-refractivity contribution in [3.8, 4) is 5.75 Å². The molecule has 2 aromatic carbocycles. The second-order valence-electron chi connectivity index (χ2n) is 10.4. The Kier molecular flexibility index (Phi) is 10.5. The van der Waals surface area contributed by atoms with Gasteiger partial charge < -0.3 is 20.7 Å². The highest BCUT2D eigenvalue weighted by molar-refractivity contribution is 7.76. The first-order valence-electron chi connectivity index (χ1n) is 13.0. The molecule has 3 aromatic rings. The lowest BCUT2D eigenvalue weighted by Crippen LogP contribution is -2.39. The number of anilines is 5. The van der Waals surface area contributed by atoms with Gasteiger partial charge in [0.15, 0.2) is 13.3 Å². The number of nitrogens with zero attached hydrogens (tertiary/aromatic N) is 3. The Bertz CT molecular complexity index is 1350. The van der Waals surface area contributed by atoms with E-state index in [-0.39, 0.29) is 23.9 Å². The second kappa shape index (κ2) is 13.4. The summed E-state index contributed by atoms with van der Waals surface area (Å²) in [6.45, 7) is 16.5. The van der Waals surface area contributed by atoms with E-state index in [4.69, 9.17) is 16.3 Å². The highest BCUT2D eigenvalue weighted by Crippen LogP contribution is 2.47. The van der Waals surface area contributed by atoms with Gasteiger partial charge in [0.25, 0.3) is 5.91 Å². The Morgan fingerprint density at radius 3 is 2.40 bits per heavy atom. The van der Waals surface area contributed by atoms with Gasteiger partial charge in [-0.1, -0.05) is 30.3 Å². The first-order chi connectivity index (χ1) is 18.8. The van der Waals surface area contributed by atoms with Gasteiger partial charge in [-0.25, -0.2) is 9.88 Å². The number of halogens is 1. The molecule has 1 aromatic heterocycles. The standard InChI is InChI=1S/C29H38ClN6O3P/c1-18(2)36(19(3)4)17-20(5)28(37)32-21-13-14-25(39-6)24(15-21)34-29-31-16-22(30)27(35-29)33-23-11-9-10-12-26(23)40(7,8)38/h9-16,18-19,38H,5,17H2,1-4,6-8H3,(H2-,31,32,33,34,35,37)/p+1. The Labute approximate surface area is 242 Å². The van der Waals surface area contributed by atoms with Crippen LogP contribution in [0.1, 0.15) is 27.7 Å². The summed E-state index contributed by atoms with van der Waals surface area (Å²) in [5, 5.41) is 10.4. The van der Waals surface area contributed by atoms with E-state index in [2.05, 4.69) is 65.1 Å². The van der Waals surface area contributed by atoms with E-state index in [1.165, 1.54) is 6.20 Å². The van der Waals surface area contributed by atoms with Crippen molar-refractivity contribution in [3.05, 3.63) is 65.8 Å². The zero-order valence-corrected chi connectivity index (χ0v) is 25.8. The Hall–Kier alpha value is -3.23. The van der Waals surface area contributed by atoms with Crippen LogP contribution in [0.5, 0.6) is 5.75 Å². The van der Waals surface area contributed by atoms with Crippen LogP contribution in [0.15, 0.2) is 60.8 Å². The zero-order valence-electron chi connectivity index (χ0n) is 24.1. The van der Waals surface area contributed by atoms with Crippen LogP contribution in [0.3, 0.4) is 0 Å². The number of carbonyl (C=O) groups excluding carboxylic acids is 1. The largest absolute Gasteiger partial charge is 0.495 e. The molecular weight excluding hydrogens is 547 g/mol. The monoisotopic (exact) mass is 585 g/mol. The van der Waals surface area contributed by atoms with Crippen molar-refractivity contribution < 1.29 is 14.4 Å². The van der Waals surface area contributed by atoms with Crippen LogP contribution in [-0.4, -0.2) is 64.7 Å². The van der Waals surface area contributed by atoms with Gasteiger partial charge in [-0.15, -0.1) is 0 Å². The molecular formula is C29H39ClN6O3P+. The van der Waals surface area contributed by atoms with Crippen LogP contribution in [0.4, 0.5) is 28.8 Å². The first-order valence-corrected chi connectivity index (χ1v) is 16.0. The third-order valence-corrected chi connectivity index (χ3v) is 8.06. The fourth-order valence-corrected chi connectivity index (χ4v) is 5.49. The summed E-state index contributed by atoms with van der Waals surface area (Å²) < 4.78 is 5.51. The van der Waals surface area contributed by atoms with Gasteiger partial charge in [-0.3, -0.25) is 9.69 Å². The maximum atomic E-state index is 12.9. The van der Waals surface area contributed by atoms with Crippen molar-refractivity contribution in [3.63, 3.8) is 0 Å². The smallest absolute Gasteiger partial charge is 0.252 e. The number of hydrogen-bond donors (Lipinski definition) is 4. The number of amides is 1. The van der Waals surface area contributed by atoms with Gasteiger partial charge in [0.1, 0.15) is 16.1 Å². The van der Waals surface area contributed by atoms with Crippen LogP contribution in [-0.2, 0) is 4.79 Å². The van der Waals surface area contributed by atoms with E-state index >= 15 is 0 Å². The van der Waals surface area contributed by atoms with Crippen LogP contribution < -0.4 is 26.0 Å². The Morgan fingerprint density at radius 1 is 1.10 bits per heavy atom. The number of aromatic nitrogens is 2. The molecule has 0 radical (unpaired) electrons. The predicted octanol–water partition coefficient (Wildman–Crippen LogP) is 6.05. The van der Waals surface area contributed by atoms with E-state index < -0.39 is 7.49 Å². The average molecular weight is 586 g/mol. The molecule has 11 heteroatoms. The third kappa shape index (κ3) is 8.15. The summed E-state index contributed by atoms with van der Waals surface area (Å²) in [6.07, 6.45) is 1.48. The summed E-state index contributed by atoms with van der Waals surface area (Å²) in [6, 6.07) is 13.3. The Balaban J connectivity index is 1.82. The number of hydrogen-bond acceptors (Lipinski definition) is 8. The fraction of sp³-hybridized carbons (Fsp3) is 0.345. The molecule has 0 aliphatic carbocycles. The predicted molar refractivity (Wildman–Crippen MR) is 168 cm³/mol. The lowest BCUT2D eigenvalue weighted by atomic mass is 10.1. The van der Waals surface area contributed by atoms with Crippen molar-refractivity contribution in [2.24, 2.45) is 0 Å². The lowest BCUT2D eigenvalue weighted by molar-refractivity contribution is -0.113. The number of benzene rings is 2. The third-order valence-electron chi connectivity index (χ3n) is 6.22. The molecule has 9 nitrogen and oxygen atoms in total. The quantitative estimate of drug-likeness (QED) is 0.150. The van der Waals surface area contributed by atoms with E-state index in [1.807, 2.05) is 37.6 Å². The SMILES string of the molecule is C=C(CN(C(C)C)C(C)C)C(=O)Nc1ccc(OC)c(Nc2ncc(Cl)c(Nc3ccccc3[P+](C)(C)O)n2)c1. The van der Waals surface area contributed by atoms with Crippen LogP contribution in [0, 0.1) is 0 Å². The van der Waals surface area contributed by atoms with Gasteiger partial charge in [0.2, 0.25) is 5.95 Å². The van der Waals surface area contributed by atoms with Crippen molar-refractivity contribution in [2.75, 3.05) is 42.9 Å². The highest BCUT2D eigenvalue weighted by Gasteiger charge is 2.29. The molecule has 1 amide bonds. The molecule has 0 saturated heterocycles. The molecule has 0 fully saturated rings. The summed E-state index contributed by atoms with van der Waals surface area (Å²) in [5.74, 6) is 0.913. The summed E-state index contributed by atoms with van der Waals surface area (Å²) in [7, 11) is -0.747. The molecule has 0 saturated carbocycles. The van der Waals surface area contributed by atoms with Crippen molar-refractivity contribution in [2.45, 2.75) is 39.8 Å². The molecule has 0 aliphatic rings. The number of rotatable bonds is 12. The van der Waals surface area contributed by atoms with Gasteiger partial charge in [-0.05, 0) is 58.0 Å². The molecule has 0 unspecified atom stereocenters. The minimum atomic E-state index is -2.30. The van der Waals surface area contributed by atoms with Crippen molar-refractivity contribution in [1.29, 1.82) is 0 Å². The number of nitrogens with one attached hydrogen (secondary N) is 3. The van der Waals surface area contributed by atoms with E-state index in [0.717, 1.165) is 5.30 Å². The molecule has 0 atom stereocenters. The zero-order chi connectivity index (χ0) is 29.6. The molecule has 0 bridgehead atoms. The van der Waals surface area contributed by atoms with Crippen LogP contribution >= 0.6 is 19.1 Å². The highest BCUT2D eigenvalue weighted by atomic mass is 35.5. The van der Waals surface area contributed by atoms with Crippen LogP contribution in [0.2, 0.25) is 5.02 Å². The van der Waals surface area contributed by atoms with Crippen LogP contribution in [0.25, 0.3) is 0 Å². The average Bonchev–Trinajstić information content (AvgIpc) is 2.88. The molecule has 214 valence electrons. The van der Waals surface area contributed by atoms with E-state index in [1.54, 1.807) is 25.3 Å². The number of para-hydroxylation sites is 1. The molecule has 40 heavy (non-hydrogen) atoms. The first kappa shape index (κ1) is 31.3. The van der Waals surface area contributed by atoms with E-state index in [9.17, 15) is 9.69 Å². The topological polar surface area (TPSA) is 112 Å². The lowest BCUT2D eigenvalue weighted by Gasteiger charge is -2.30. The summed E-state index contributed by atoms with van der Waals surface area (Å²) in [5.41, 5.74) is 2.29. The van der Waals surface area contributed by atoms with Crippen molar-refractivity contribution in [1.82, 2.24) is 14.9 Å². The van der Waals surface area contributed by atoms with Crippen molar-refractivity contribution >= 4 is 59.1 Å². The number of methoxy groups -OCH3 is 1. The number of ether oxygens (including phenoxy) is 1. The molecule has 4 N–H and O–H groups in total. The normalized spacial score (nSPS) is 11.6. The summed E-state index contributed by atoms with van der Waals surface area (Å²) in [4.78, 5) is 34.7. The van der Waals surface area contributed by atoms with E-state index in [0.29, 0.717) is 45.8 Å². The minimum absolute atomic E-state index is 0.259. The minimum Gasteiger partial charge on any atom is -0.495 e. The maximum absolute atomic E-state index is 12.9. The van der Waals surface area contributed by atoms with Gasteiger partial charge in [0, 0.05) is 29.9 Å². The number of carbonyl (C=O) groups is 1. The molecule has 3 rings (SSSR count). The maximum Gasteiger partial charge on any atom is 0.252 e. The summed E-state index contributed by atoms with van der Waals surface area (Å²) >= 11 is 6.41. The Morgan fingerprint density at radius 2 is 1.77 bits per heavy atom. The van der Waals surface area contributed by atoms with Gasteiger partial charge in [-0.2, -0.15) is 4.98 Å². The second-order valence-corrected chi connectivity index (χ2v) is 14.1.